The minimum absolute atomic E-state index is 0. The number of aromatic nitrogens is 1. The normalized spacial score (nSPS) is 17.0. The molecule has 1 aromatic carbocycles. The molecule has 0 aliphatic carbocycles. The van der Waals surface area contributed by atoms with E-state index in [-0.39, 0.29) is 24.0 Å². The van der Waals surface area contributed by atoms with Crippen LogP contribution in [-0.2, 0) is 13.6 Å². The van der Waals surface area contributed by atoms with Gasteiger partial charge in [0.05, 0.1) is 6.54 Å². The lowest BCUT2D eigenvalue weighted by atomic mass is 10.1. The van der Waals surface area contributed by atoms with Gasteiger partial charge in [0, 0.05) is 62.8 Å². The van der Waals surface area contributed by atoms with Crippen LogP contribution < -0.4 is 10.2 Å². The molecule has 2 heterocycles. The fourth-order valence-electron chi connectivity index (χ4n) is 3.51. The Kier molecular flexibility index (Phi) is 8.47. The van der Waals surface area contributed by atoms with E-state index in [2.05, 4.69) is 97.3 Å². The summed E-state index contributed by atoms with van der Waals surface area (Å²) >= 11 is 3.57. The average Bonchev–Trinajstić information content (AvgIpc) is 3.25. The van der Waals surface area contributed by atoms with Gasteiger partial charge in [-0.05, 0) is 42.7 Å². The van der Waals surface area contributed by atoms with Gasteiger partial charge in [-0.15, -0.1) is 24.0 Å². The molecule has 1 aliphatic rings. The van der Waals surface area contributed by atoms with Crippen LogP contribution in [0.4, 0.5) is 5.69 Å². The summed E-state index contributed by atoms with van der Waals surface area (Å²) in [5, 5.41) is 3.56. The first-order valence-corrected chi connectivity index (χ1v) is 9.88. The molecule has 0 radical (unpaired) electrons. The molecular weight excluding hydrogens is 517 g/mol. The second kappa shape index (κ2) is 10.4. The Morgan fingerprint density at radius 3 is 2.81 bits per heavy atom. The van der Waals surface area contributed by atoms with Gasteiger partial charge in [-0.3, -0.25) is 4.99 Å². The lowest BCUT2D eigenvalue weighted by Gasteiger charge is -2.24. The molecule has 1 N–H and O–H groups in total. The predicted octanol–water partition coefficient (Wildman–Crippen LogP) is 3.94. The number of nitrogens with zero attached hydrogens (tertiary/aromatic N) is 4. The average molecular weight is 546 g/mol. The maximum Gasteiger partial charge on any atom is 0.193 e. The maximum absolute atomic E-state index is 4.45. The molecule has 1 aliphatic heterocycles. The molecule has 1 aromatic heterocycles. The molecule has 3 rings (SSSR count). The molecule has 2 aromatic rings. The number of anilines is 1. The molecule has 0 saturated carbocycles. The molecule has 0 amide bonds. The number of hydrogen-bond donors (Lipinski definition) is 1. The van der Waals surface area contributed by atoms with Crippen molar-refractivity contribution in [2.75, 3.05) is 38.6 Å². The van der Waals surface area contributed by atoms with E-state index >= 15 is 0 Å². The van der Waals surface area contributed by atoms with Crippen molar-refractivity contribution in [3.05, 3.63) is 52.8 Å². The first-order valence-electron chi connectivity index (χ1n) is 9.09. The van der Waals surface area contributed by atoms with E-state index in [4.69, 9.17) is 0 Å². The minimum Gasteiger partial charge on any atom is -0.371 e. The maximum atomic E-state index is 4.45. The van der Waals surface area contributed by atoms with E-state index in [9.17, 15) is 0 Å². The van der Waals surface area contributed by atoms with Crippen LogP contribution in [0.25, 0.3) is 0 Å². The van der Waals surface area contributed by atoms with Gasteiger partial charge in [0.1, 0.15) is 0 Å². The smallest absolute Gasteiger partial charge is 0.193 e. The Morgan fingerprint density at radius 2 is 2.15 bits per heavy atom. The Balaban J connectivity index is 0.00000261. The fourth-order valence-corrected chi connectivity index (χ4v) is 3.89. The number of halogens is 2. The van der Waals surface area contributed by atoms with Gasteiger partial charge >= 0.3 is 0 Å². The topological polar surface area (TPSA) is 35.8 Å². The Hall–Kier alpha value is -1.22. The van der Waals surface area contributed by atoms with Gasteiger partial charge in [-0.25, -0.2) is 0 Å². The van der Waals surface area contributed by atoms with Crippen LogP contribution in [0.1, 0.15) is 12.1 Å². The summed E-state index contributed by atoms with van der Waals surface area (Å²) in [6.45, 7) is 4.00. The summed E-state index contributed by atoms with van der Waals surface area (Å²) in [5.41, 5.74) is 2.57. The standard InChI is InChI=1S/C20H28BrN5.HI/c1-22-20(25(3)15-19-8-5-10-24(19)2)23-13-16-9-11-26(14-16)18-7-4-6-17(21)12-18;/h4-8,10,12,16H,9,11,13-15H2,1-3H3,(H,22,23);1H. The third-order valence-corrected chi connectivity index (χ3v) is 5.53. The highest BCUT2D eigenvalue weighted by atomic mass is 127. The first-order chi connectivity index (χ1) is 12.6. The molecule has 27 heavy (non-hydrogen) atoms. The SMILES string of the molecule is CN=C(NCC1CCN(c2cccc(Br)c2)C1)N(C)Cc1cccn1C.I. The summed E-state index contributed by atoms with van der Waals surface area (Å²) < 4.78 is 3.29. The molecule has 1 unspecified atom stereocenters. The van der Waals surface area contributed by atoms with E-state index in [1.807, 2.05) is 7.05 Å². The molecule has 5 nitrogen and oxygen atoms in total. The van der Waals surface area contributed by atoms with Crippen LogP contribution in [-0.4, -0.2) is 49.2 Å². The lowest BCUT2D eigenvalue weighted by Crippen LogP contribution is -2.41. The number of aryl methyl sites for hydroxylation is 1. The predicted molar refractivity (Wildman–Crippen MR) is 128 cm³/mol. The van der Waals surface area contributed by atoms with Crippen molar-refractivity contribution in [2.24, 2.45) is 18.0 Å². The van der Waals surface area contributed by atoms with Crippen LogP contribution in [0.5, 0.6) is 0 Å². The van der Waals surface area contributed by atoms with Gasteiger partial charge in [-0.1, -0.05) is 22.0 Å². The number of nitrogens with one attached hydrogen (secondary N) is 1. The monoisotopic (exact) mass is 545 g/mol. The van der Waals surface area contributed by atoms with Crippen molar-refractivity contribution in [1.29, 1.82) is 0 Å². The Labute approximate surface area is 188 Å². The summed E-state index contributed by atoms with van der Waals surface area (Å²) in [6.07, 6.45) is 3.28. The number of benzene rings is 1. The first kappa shape index (κ1) is 22.1. The molecule has 148 valence electrons. The second-order valence-corrected chi connectivity index (χ2v) is 7.89. The lowest BCUT2D eigenvalue weighted by molar-refractivity contribution is 0.450. The van der Waals surface area contributed by atoms with Crippen molar-refractivity contribution in [3.63, 3.8) is 0 Å². The Bertz CT molecular complexity index is 760. The fraction of sp³-hybridized carbons (Fsp3) is 0.450. The van der Waals surface area contributed by atoms with Crippen molar-refractivity contribution < 1.29 is 0 Å². The quantitative estimate of drug-likeness (QED) is 0.351. The molecule has 1 fully saturated rings. The summed E-state index contributed by atoms with van der Waals surface area (Å²) in [5.74, 6) is 1.58. The number of guanidine groups is 1. The van der Waals surface area contributed by atoms with Gasteiger partial charge in [-0.2, -0.15) is 0 Å². The third kappa shape index (κ3) is 5.88. The van der Waals surface area contributed by atoms with Crippen LogP contribution in [0.3, 0.4) is 0 Å². The van der Waals surface area contributed by atoms with Gasteiger partial charge in [0.25, 0.3) is 0 Å². The number of rotatable bonds is 5. The Morgan fingerprint density at radius 1 is 1.33 bits per heavy atom. The zero-order valence-corrected chi connectivity index (χ0v) is 20.1. The molecular formula is C20H29BrIN5. The van der Waals surface area contributed by atoms with Crippen molar-refractivity contribution >= 4 is 51.6 Å². The summed E-state index contributed by atoms with van der Waals surface area (Å²) in [6, 6.07) is 12.8. The van der Waals surface area contributed by atoms with Gasteiger partial charge < -0.3 is 19.7 Å². The second-order valence-electron chi connectivity index (χ2n) is 6.98. The molecule has 1 saturated heterocycles. The highest BCUT2D eigenvalue weighted by Crippen LogP contribution is 2.25. The largest absolute Gasteiger partial charge is 0.371 e. The molecule has 0 bridgehead atoms. The minimum atomic E-state index is 0. The molecule has 0 spiro atoms. The van der Waals surface area contributed by atoms with Crippen LogP contribution >= 0.6 is 39.9 Å². The van der Waals surface area contributed by atoms with Crippen LogP contribution in [0.15, 0.2) is 52.1 Å². The zero-order valence-electron chi connectivity index (χ0n) is 16.2. The third-order valence-electron chi connectivity index (χ3n) is 5.03. The summed E-state index contributed by atoms with van der Waals surface area (Å²) in [7, 11) is 6.02. The highest BCUT2D eigenvalue weighted by Gasteiger charge is 2.23. The molecule has 1 atom stereocenters. The van der Waals surface area contributed by atoms with E-state index in [1.54, 1.807) is 0 Å². The zero-order chi connectivity index (χ0) is 18.5. The highest BCUT2D eigenvalue weighted by molar-refractivity contribution is 14.0. The van der Waals surface area contributed by atoms with E-state index in [0.29, 0.717) is 5.92 Å². The number of aliphatic imine (C=N–C) groups is 1. The van der Waals surface area contributed by atoms with E-state index < -0.39 is 0 Å². The van der Waals surface area contributed by atoms with Crippen LogP contribution in [0, 0.1) is 5.92 Å². The van der Waals surface area contributed by atoms with Crippen LogP contribution in [0.2, 0.25) is 0 Å². The van der Waals surface area contributed by atoms with Gasteiger partial charge in [0.15, 0.2) is 5.96 Å². The van der Waals surface area contributed by atoms with E-state index in [1.165, 1.54) is 17.8 Å². The molecule has 7 heteroatoms. The van der Waals surface area contributed by atoms with Crippen molar-refractivity contribution in [2.45, 2.75) is 13.0 Å². The van der Waals surface area contributed by atoms with Crippen molar-refractivity contribution in [1.82, 2.24) is 14.8 Å². The number of hydrogen-bond acceptors (Lipinski definition) is 2. The van der Waals surface area contributed by atoms with E-state index in [0.717, 1.165) is 36.6 Å². The van der Waals surface area contributed by atoms with Crippen molar-refractivity contribution in [3.8, 4) is 0 Å². The summed E-state index contributed by atoms with van der Waals surface area (Å²) in [4.78, 5) is 9.09. The van der Waals surface area contributed by atoms with Gasteiger partial charge in [0.2, 0.25) is 0 Å².